The van der Waals surface area contributed by atoms with Crippen molar-refractivity contribution in [2.45, 2.75) is 0 Å². The van der Waals surface area contributed by atoms with Gasteiger partial charge in [-0.25, -0.2) is 0 Å². The van der Waals surface area contributed by atoms with Crippen LogP contribution >= 0.6 is 12.2 Å². The van der Waals surface area contributed by atoms with Gasteiger partial charge in [0.15, 0.2) is 5.11 Å². The summed E-state index contributed by atoms with van der Waals surface area (Å²) >= 11 is 5.32. The van der Waals surface area contributed by atoms with E-state index in [2.05, 4.69) is 20.8 Å². The average Bonchev–Trinajstić information content (AvgIpc) is 2.48. The second-order valence-electron chi connectivity index (χ2n) is 4.24. The number of aromatic nitrogens is 2. The number of hydrogen-bond acceptors (Lipinski definition) is 3. The Morgan fingerprint density at radius 1 is 0.850 bits per heavy atom. The highest BCUT2D eigenvalue weighted by atomic mass is 32.1. The Kier molecular flexibility index (Phi) is 3.52. The summed E-state index contributed by atoms with van der Waals surface area (Å²) in [6.07, 6.45) is 3.46. The fourth-order valence-corrected chi connectivity index (χ4v) is 2.17. The molecule has 4 nitrogen and oxygen atoms in total. The van der Waals surface area contributed by atoms with Crippen LogP contribution in [0.3, 0.4) is 0 Å². The van der Waals surface area contributed by atoms with Crippen LogP contribution in [0.4, 0.5) is 11.4 Å². The molecule has 1 aromatic heterocycles. The lowest BCUT2D eigenvalue weighted by Crippen LogP contribution is -2.19. The molecule has 98 valence electrons. The molecule has 0 unspecified atom stereocenters. The van der Waals surface area contributed by atoms with Crippen LogP contribution in [0, 0.1) is 0 Å². The molecule has 2 aromatic carbocycles. The number of anilines is 2. The highest BCUT2D eigenvalue weighted by Crippen LogP contribution is 2.21. The zero-order chi connectivity index (χ0) is 13.8. The van der Waals surface area contributed by atoms with Crippen LogP contribution in [0.2, 0.25) is 0 Å². The summed E-state index contributed by atoms with van der Waals surface area (Å²) in [4.78, 5) is 0. The molecular formula is C15H12N4S. The third kappa shape index (κ3) is 2.73. The van der Waals surface area contributed by atoms with Crippen LogP contribution in [0.5, 0.6) is 0 Å². The van der Waals surface area contributed by atoms with Crippen molar-refractivity contribution < 1.29 is 0 Å². The molecule has 0 radical (unpaired) electrons. The van der Waals surface area contributed by atoms with E-state index in [0.29, 0.717) is 5.11 Å². The van der Waals surface area contributed by atoms with Gasteiger partial charge < -0.3 is 10.6 Å². The third-order valence-electron chi connectivity index (χ3n) is 2.87. The number of thiocarbonyl (C=S) groups is 1. The highest BCUT2D eigenvalue weighted by molar-refractivity contribution is 7.80. The van der Waals surface area contributed by atoms with E-state index in [1.54, 1.807) is 12.4 Å². The molecule has 1 heterocycles. The van der Waals surface area contributed by atoms with Gasteiger partial charge in [-0.3, -0.25) is 0 Å². The molecule has 2 N–H and O–H groups in total. The number of fused-ring (bicyclic) bond motifs is 1. The summed E-state index contributed by atoms with van der Waals surface area (Å²) in [6.45, 7) is 0. The Bertz CT molecular complexity index is 738. The molecule has 0 bridgehead atoms. The summed E-state index contributed by atoms with van der Waals surface area (Å²) in [6, 6.07) is 15.7. The van der Waals surface area contributed by atoms with Gasteiger partial charge in [-0.2, -0.15) is 10.2 Å². The van der Waals surface area contributed by atoms with Crippen LogP contribution in [0.25, 0.3) is 10.8 Å². The third-order valence-corrected chi connectivity index (χ3v) is 3.07. The number of para-hydroxylation sites is 1. The fraction of sp³-hybridized carbons (Fsp3) is 0. The SMILES string of the molecule is S=C(Nc1ccccc1)Nc1cccc2cnncc12. The number of hydrogen-bond donors (Lipinski definition) is 2. The molecule has 0 spiro atoms. The Labute approximate surface area is 121 Å². The lowest BCUT2D eigenvalue weighted by atomic mass is 10.2. The molecule has 0 aliphatic heterocycles. The lowest BCUT2D eigenvalue weighted by Gasteiger charge is -2.12. The van der Waals surface area contributed by atoms with Gasteiger partial charge >= 0.3 is 0 Å². The number of nitrogens with zero attached hydrogens (tertiary/aromatic N) is 2. The summed E-state index contributed by atoms with van der Waals surface area (Å²) in [7, 11) is 0. The second kappa shape index (κ2) is 5.63. The lowest BCUT2D eigenvalue weighted by molar-refractivity contribution is 1.05. The largest absolute Gasteiger partial charge is 0.332 e. The zero-order valence-corrected chi connectivity index (χ0v) is 11.4. The van der Waals surface area contributed by atoms with E-state index in [1.165, 1.54) is 0 Å². The van der Waals surface area contributed by atoms with Gasteiger partial charge in [-0.1, -0.05) is 30.3 Å². The van der Waals surface area contributed by atoms with Gasteiger partial charge in [0.05, 0.1) is 12.4 Å². The molecule has 3 rings (SSSR count). The predicted octanol–water partition coefficient (Wildman–Crippen LogP) is 3.44. The van der Waals surface area contributed by atoms with Crippen molar-refractivity contribution in [2.24, 2.45) is 0 Å². The van der Waals surface area contributed by atoms with E-state index in [9.17, 15) is 0 Å². The quantitative estimate of drug-likeness (QED) is 0.704. The molecule has 5 heteroatoms. The minimum absolute atomic E-state index is 0.542. The van der Waals surface area contributed by atoms with Gasteiger partial charge in [0.25, 0.3) is 0 Å². The molecule has 0 saturated heterocycles. The van der Waals surface area contributed by atoms with Crippen LogP contribution in [0.1, 0.15) is 0 Å². The highest BCUT2D eigenvalue weighted by Gasteiger charge is 2.03. The van der Waals surface area contributed by atoms with Crippen LogP contribution < -0.4 is 10.6 Å². The first-order valence-corrected chi connectivity index (χ1v) is 6.56. The van der Waals surface area contributed by atoms with Gasteiger partial charge in [-0.05, 0) is 30.4 Å². The van der Waals surface area contributed by atoms with E-state index < -0.39 is 0 Å². The normalized spacial score (nSPS) is 10.2. The molecule has 0 amide bonds. The van der Waals surface area contributed by atoms with Crippen molar-refractivity contribution in [2.75, 3.05) is 10.6 Å². The maximum absolute atomic E-state index is 5.32. The minimum atomic E-state index is 0.542. The van der Waals surface area contributed by atoms with Crippen LogP contribution in [-0.2, 0) is 0 Å². The van der Waals surface area contributed by atoms with Gasteiger partial charge in [0, 0.05) is 22.1 Å². The van der Waals surface area contributed by atoms with E-state index in [4.69, 9.17) is 12.2 Å². The summed E-state index contributed by atoms with van der Waals surface area (Å²) < 4.78 is 0. The van der Waals surface area contributed by atoms with Gasteiger partial charge in [0.2, 0.25) is 0 Å². The van der Waals surface area contributed by atoms with Crippen molar-refractivity contribution in [3.8, 4) is 0 Å². The first-order valence-electron chi connectivity index (χ1n) is 6.15. The zero-order valence-electron chi connectivity index (χ0n) is 10.6. The molecule has 20 heavy (non-hydrogen) atoms. The van der Waals surface area contributed by atoms with E-state index in [0.717, 1.165) is 22.1 Å². The summed E-state index contributed by atoms with van der Waals surface area (Å²) in [5, 5.41) is 16.7. The molecular weight excluding hydrogens is 268 g/mol. The van der Waals surface area contributed by atoms with Crippen molar-refractivity contribution in [1.29, 1.82) is 0 Å². The fourth-order valence-electron chi connectivity index (χ4n) is 1.94. The molecule has 3 aromatic rings. The number of nitrogens with one attached hydrogen (secondary N) is 2. The maximum atomic E-state index is 5.32. The molecule has 0 fully saturated rings. The predicted molar refractivity (Wildman–Crippen MR) is 85.8 cm³/mol. The maximum Gasteiger partial charge on any atom is 0.175 e. The second-order valence-corrected chi connectivity index (χ2v) is 4.65. The monoisotopic (exact) mass is 280 g/mol. The number of rotatable bonds is 2. The Morgan fingerprint density at radius 2 is 1.65 bits per heavy atom. The van der Waals surface area contributed by atoms with E-state index >= 15 is 0 Å². The van der Waals surface area contributed by atoms with Gasteiger partial charge in [0.1, 0.15) is 0 Å². The van der Waals surface area contributed by atoms with E-state index in [1.807, 2.05) is 48.5 Å². The topological polar surface area (TPSA) is 49.8 Å². The van der Waals surface area contributed by atoms with Crippen LogP contribution in [-0.4, -0.2) is 15.3 Å². The Hall–Kier alpha value is -2.53. The van der Waals surface area contributed by atoms with Crippen molar-refractivity contribution in [3.63, 3.8) is 0 Å². The first kappa shape index (κ1) is 12.5. The standard InChI is InChI=1S/C15H12N4S/c20-15(18-12-6-2-1-3-7-12)19-14-8-4-5-11-9-16-17-10-13(11)14/h1-10H,(H2,18,19,20). The van der Waals surface area contributed by atoms with Crippen molar-refractivity contribution in [3.05, 3.63) is 60.9 Å². The minimum Gasteiger partial charge on any atom is -0.332 e. The van der Waals surface area contributed by atoms with E-state index in [-0.39, 0.29) is 0 Å². The molecule has 0 saturated carbocycles. The number of benzene rings is 2. The Morgan fingerprint density at radius 3 is 2.50 bits per heavy atom. The first-order chi connectivity index (χ1) is 9.83. The van der Waals surface area contributed by atoms with Crippen molar-refractivity contribution >= 4 is 39.5 Å². The van der Waals surface area contributed by atoms with Crippen LogP contribution in [0.15, 0.2) is 60.9 Å². The summed E-state index contributed by atoms with van der Waals surface area (Å²) in [5.74, 6) is 0. The van der Waals surface area contributed by atoms with Gasteiger partial charge in [-0.15, -0.1) is 0 Å². The molecule has 0 atom stereocenters. The molecule has 0 aliphatic rings. The summed E-state index contributed by atoms with van der Waals surface area (Å²) in [5.41, 5.74) is 1.86. The average molecular weight is 280 g/mol. The Balaban J connectivity index is 1.81. The molecule has 0 aliphatic carbocycles. The van der Waals surface area contributed by atoms with Crippen molar-refractivity contribution in [1.82, 2.24) is 10.2 Å². The smallest absolute Gasteiger partial charge is 0.175 e.